The molecule has 1 aromatic rings. The van der Waals surface area contributed by atoms with Crippen LogP contribution in [-0.2, 0) is 0 Å². The summed E-state index contributed by atoms with van der Waals surface area (Å²) >= 11 is 4.91. The lowest BCUT2D eigenvalue weighted by Gasteiger charge is -2.25. The van der Waals surface area contributed by atoms with Crippen LogP contribution in [0.3, 0.4) is 0 Å². The summed E-state index contributed by atoms with van der Waals surface area (Å²) in [5, 5.41) is 0. The number of carbonyl (C=O) groups excluding carboxylic acids is 1. The molecule has 0 aliphatic rings. The van der Waals surface area contributed by atoms with E-state index >= 15 is 0 Å². The van der Waals surface area contributed by atoms with Crippen molar-refractivity contribution in [3.05, 3.63) is 23.8 Å². The summed E-state index contributed by atoms with van der Waals surface area (Å²) in [4.78, 5) is 14.2. The number of nitrogens with two attached hydrogens (primary N) is 1. The molecular formula is C13H18N2O3S. The highest BCUT2D eigenvalue weighted by molar-refractivity contribution is 7.80. The van der Waals surface area contributed by atoms with Crippen LogP contribution in [0.4, 0.5) is 0 Å². The molecule has 0 saturated heterocycles. The number of thiocarbonyl (C=S) groups is 1. The summed E-state index contributed by atoms with van der Waals surface area (Å²) in [5.74, 6) is 0.646. The van der Waals surface area contributed by atoms with E-state index in [1.807, 2.05) is 0 Å². The summed E-state index contributed by atoms with van der Waals surface area (Å²) < 4.78 is 10.4. The number of likely N-dealkylation sites (N-methyl/N-ethyl adjacent to an activating group) is 1. The number of rotatable bonds is 5. The standard InChI is InChI=1S/C13H18N2O3S/c1-8(12(14)19)15(2)13(16)11-9(17-3)6-5-7-10(11)18-4/h5-8H,1-4H3,(H2,14,19). The molecule has 0 fully saturated rings. The van der Waals surface area contributed by atoms with Gasteiger partial charge in [0.2, 0.25) is 0 Å². The van der Waals surface area contributed by atoms with E-state index in [2.05, 4.69) is 0 Å². The van der Waals surface area contributed by atoms with Crippen LogP contribution in [0.1, 0.15) is 17.3 Å². The first-order valence-electron chi connectivity index (χ1n) is 5.71. The van der Waals surface area contributed by atoms with Gasteiger partial charge in [-0.3, -0.25) is 4.79 Å². The lowest BCUT2D eigenvalue weighted by Crippen LogP contribution is -2.42. The van der Waals surface area contributed by atoms with Gasteiger partial charge < -0.3 is 20.1 Å². The third kappa shape index (κ3) is 3.14. The first kappa shape index (κ1) is 15.2. The van der Waals surface area contributed by atoms with E-state index in [0.29, 0.717) is 17.1 Å². The van der Waals surface area contributed by atoms with Gasteiger partial charge in [-0.15, -0.1) is 0 Å². The lowest BCUT2D eigenvalue weighted by molar-refractivity contribution is 0.0772. The molecule has 1 rings (SSSR count). The van der Waals surface area contributed by atoms with Crippen molar-refractivity contribution >= 4 is 23.1 Å². The maximum atomic E-state index is 12.5. The van der Waals surface area contributed by atoms with Crippen molar-refractivity contribution in [1.82, 2.24) is 4.90 Å². The van der Waals surface area contributed by atoms with Gasteiger partial charge in [-0.1, -0.05) is 18.3 Å². The average molecular weight is 282 g/mol. The zero-order chi connectivity index (χ0) is 14.6. The fraction of sp³-hybridized carbons (Fsp3) is 0.385. The van der Waals surface area contributed by atoms with Crippen LogP contribution in [0.2, 0.25) is 0 Å². The van der Waals surface area contributed by atoms with Crippen molar-refractivity contribution in [2.45, 2.75) is 13.0 Å². The second-order valence-corrected chi connectivity index (χ2v) is 4.50. The van der Waals surface area contributed by atoms with E-state index < -0.39 is 0 Å². The molecule has 2 N–H and O–H groups in total. The van der Waals surface area contributed by atoms with Crippen LogP contribution in [0.5, 0.6) is 11.5 Å². The number of amides is 1. The van der Waals surface area contributed by atoms with Crippen molar-refractivity contribution in [3.63, 3.8) is 0 Å². The van der Waals surface area contributed by atoms with Gasteiger partial charge in [-0.2, -0.15) is 0 Å². The molecule has 1 unspecified atom stereocenters. The third-order valence-electron chi connectivity index (χ3n) is 2.95. The summed E-state index contributed by atoms with van der Waals surface area (Å²) in [5.41, 5.74) is 5.93. The Morgan fingerprint density at radius 3 is 2.16 bits per heavy atom. The van der Waals surface area contributed by atoms with E-state index in [9.17, 15) is 4.79 Å². The van der Waals surface area contributed by atoms with Crippen LogP contribution in [0.25, 0.3) is 0 Å². The second-order valence-electron chi connectivity index (χ2n) is 4.03. The molecular weight excluding hydrogens is 264 g/mol. The molecule has 0 heterocycles. The molecule has 0 aromatic heterocycles. The van der Waals surface area contributed by atoms with Crippen molar-refractivity contribution < 1.29 is 14.3 Å². The van der Waals surface area contributed by atoms with Crippen molar-refractivity contribution in [2.24, 2.45) is 5.73 Å². The molecule has 5 nitrogen and oxygen atoms in total. The zero-order valence-electron chi connectivity index (χ0n) is 11.5. The molecule has 0 radical (unpaired) electrons. The van der Waals surface area contributed by atoms with Crippen LogP contribution >= 0.6 is 12.2 Å². The Morgan fingerprint density at radius 1 is 1.32 bits per heavy atom. The van der Waals surface area contributed by atoms with E-state index in [0.717, 1.165) is 0 Å². The van der Waals surface area contributed by atoms with Crippen molar-refractivity contribution in [2.75, 3.05) is 21.3 Å². The number of hydrogen-bond donors (Lipinski definition) is 1. The van der Waals surface area contributed by atoms with E-state index in [4.69, 9.17) is 27.4 Å². The van der Waals surface area contributed by atoms with Crippen LogP contribution in [0.15, 0.2) is 18.2 Å². The predicted octanol–water partition coefficient (Wildman–Crippen LogP) is 1.45. The summed E-state index contributed by atoms with van der Waals surface area (Å²) in [6.45, 7) is 1.77. The molecule has 19 heavy (non-hydrogen) atoms. The average Bonchev–Trinajstić information content (AvgIpc) is 2.43. The normalized spacial score (nSPS) is 11.6. The highest BCUT2D eigenvalue weighted by Gasteiger charge is 2.25. The molecule has 0 bridgehead atoms. The highest BCUT2D eigenvalue weighted by Crippen LogP contribution is 2.29. The van der Waals surface area contributed by atoms with Gasteiger partial charge in [0.05, 0.1) is 25.2 Å². The topological polar surface area (TPSA) is 64.8 Å². The minimum atomic E-state index is -0.350. The SMILES string of the molecule is COc1cccc(OC)c1C(=O)N(C)C(C)C(N)=S. The molecule has 0 aliphatic carbocycles. The smallest absolute Gasteiger partial charge is 0.261 e. The summed E-state index contributed by atoms with van der Waals surface area (Å²) in [7, 11) is 4.64. The van der Waals surface area contributed by atoms with Crippen LogP contribution < -0.4 is 15.2 Å². The van der Waals surface area contributed by atoms with Gasteiger partial charge in [-0.05, 0) is 19.1 Å². The van der Waals surface area contributed by atoms with Gasteiger partial charge in [0, 0.05) is 7.05 Å². The Morgan fingerprint density at radius 2 is 1.79 bits per heavy atom. The number of hydrogen-bond acceptors (Lipinski definition) is 4. The second kappa shape index (κ2) is 6.38. The Balaban J connectivity index is 3.21. The maximum absolute atomic E-state index is 12.5. The fourth-order valence-electron chi connectivity index (χ4n) is 1.61. The van der Waals surface area contributed by atoms with Crippen LogP contribution in [-0.4, -0.2) is 43.1 Å². The van der Waals surface area contributed by atoms with Crippen molar-refractivity contribution in [3.8, 4) is 11.5 Å². The monoisotopic (exact) mass is 282 g/mol. The Hall–Kier alpha value is -1.82. The minimum Gasteiger partial charge on any atom is -0.496 e. The number of ether oxygens (including phenoxy) is 2. The minimum absolute atomic E-state index is 0.254. The Kier molecular flexibility index (Phi) is 5.11. The fourth-order valence-corrected chi connectivity index (χ4v) is 1.76. The van der Waals surface area contributed by atoms with E-state index in [1.165, 1.54) is 19.1 Å². The largest absolute Gasteiger partial charge is 0.496 e. The summed E-state index contributed by atoms with van der Waals surface area (Å²) in [6.07, 6.45) is 0. The van der Waals surface area contributed by atoms with Gasteiger partial charge in [0.25, 0.3) is 5.91 Å². The molecule has 104 valence electrons. The lowest BCUT2D eigenvalue weighted by atomic mass is 10.1. The Bertz CT molecular complexity index is 469. The zero-order valence-corrected chi connectivity index (χ0v) is 12.3. The first-order chi connectivity index (χ1) is 8.93. The van der Waals surface area contributed by atoms with E-state index in [-0.39, 0.29) is 16.9 Å². The third-order valence-corrected chi connectivity index (χ3v) is 3.30. The number of nitrogens with zero attached hydrogens (tertiary/aromatic N) is 1. The first-order valence-corrected chi connectivity index (χ1v) is 6.12. The summed E-state index contributed by atoms with van der Waals surface area (Å²) in [6, 6.07) is 4.81. The van der Waals surface area contributed by atoms with Gasteiger partial charge in [0.1, 0.15) is 17.1 Å². The maximum Gasteiger partial charge on any atom is 0.261 e. The molecule has 0 aliphatic heterocycles. The number of benzene rings is 1. The molecule has 0 saturated carbocycles. The molecule has 0 spiro atoms. The van der Waals surface area contributed by atoms with Gasteiger partial charge in [0.15, 0.2) is 0 Å². The van der Waals surface area contributed by atoms with Crippen molar-refractivity contribution in [1.29, 1.82) is 0 Å². The molecule has 1 aromatic carbocycles. The molecule has 1 amide bonds. The quantitative estimate of drug-likeness (QED) is 0.828. The molecule has 1 atom stereocenters. The predicted molar refractivity (Wildman–Crippen MR) is 77.9 cm³/mol. The number of carbonyl (C=O) groups is 1. The number of methoxy groups -OCH3 is 2. The van der Waals surface area contributed by atoms with Gasteiger partial charge >= 0.3 is 0 Å². The Labute approximate surface area is 118 Å². The highest BCUT2D eigenvalue weighted by atomic mass is 32.1. The van der Waals surface area contributed by atoms with E-state index in [1.54, 1.807) is 32.2 Å². The van der Waals surface area contributed by atoms with Crippen LogP contribution in [0, 0.1) is 0 Å². The molecule has 6 heteroatoms. The van der Waals surface area contributed by atoms with Gasteiger partial charge in [-0.25, -0.2) is 0 Å².